The van der Waals surface area contributed by atoms with Gasteiger partial charge in [0, 0.05) is 6.20 Å². The third kappa shape index (κ3) is 4.17. The number of halogens is 4. The fourth-order valence-electron chi connectivity index (χ4n) is 1.98. The highest BCUT2D eigenvalue weighted by Crippen LogP contribution is 2.30. The van der Waals surface area contributed by atoms with Crippen LogP contribution in [0.4, 0.5) is 13.2 Å². The predicted molar refractivity (Wildman–Crippen MR) is 74.5 cm³/mol. The maximum absolute atomic E-state index is 12.7. The molecule has 0 saturated heterocycles. The number of hydrogen-bond acceptors (Lipinski definition) is 3. The fourth-order valence-corrected chi connectivity index (χ4v) is 2.09. The molecule has 112 valence electrons. The van der Waals surface area contributed by atoms with E-state index in [0.29, 0.717) is 17.1 Å². The Labute approximate surface area is 124 Å². The van der Waals surface area contributed by atoms with Gasteiger partial charge in [0.2, 0.25) is 0 Å². The Morgan fingerprint density at radius 1 is 1.24 bits per heavy atom. The molecule has 3 N–H and O–H groups in total. The first-order chi connectivity index (χ1) is 9.90. The summed E-state index contributed by atoms with van der Waals surface area (Å²) in [6.07, 6.45) is -2.51. The number of rotatable bonds is 4. The molecule has 1 unspecified atom stereocenters. The summed E-state index contributed by atoms with van der Waals surface area (Å²) in [6.45, 7) is 0. The Hall–Kier alpha value is -1.63. The summed E-state index contributed by atoms with van der Waals surface area (Å²) >= 11 is 5.70. The largest absolute Gasteiger partial charge is 0.416 e. The molecule has 0 amide bonds. The molecule has 1 atom stereocenters. The minimum Gasteiger partial charge on any atom is -0.271 e. The zero-order valence-electron chi connectivity index (χ0n) is 10.9. The van der Waals surface area contributed by atoms with Gasteiger partial charge in [-0.3, -0.25) is 11.3 Å². The number of hydrazine groups is 1. The molecule has 0 aliphatic carbocycles. The van der Waals surface area contributed by atoms with Gasteiger partial charge >= 0.3 is 6.18 Å². The first kappa shape index (κ1) is 15.8. The standard InChI is InChI=1S/C14H13ClF3N3/c15-13-5-4-10(8-20-13)12(21-19)7-9-2-1-3-11(6-9)14(16,17)18/h1-6,8,12,21H,7,19H2. The highest BCUT2D eigenvalue weighted by molar-refractivity contribution is 6.29. The van der Waals surface area contributed by atoms with Crippen LogP contribution < -0.4 is 11.3 Å². The highest BCUT2D eigenvalue weighted by Gasteiger charge is 2.30. The van der Waals surface area contributed by atoms with Gasteiger partial charge in [0.05, 0.1) is 11.6 Å². The lowest BCUT2D eigenvalue weighted by Gasteiger charge is -2.17. The summed E-state index contributed by atoms with van der Waals surface area (Å²) in [5, 5.41) is 0.341. The van der Waals surface area contributed by atoms with E-state index in [-0.39, 0.29) is 6.04 Å². The minimum atomic E-state index is -4.36. The van der Waals surface area contributed by atoms with Gasteiger partial charge in [-0.05, 0) is 29.7 Å². The predicted octanol–water partition coefficient (Wildman–Crippen LogP) is 3.50. The topological polar surface area (TPSA) is 50.9 Å². The van der Waals surface area contributed by atoms with Crippen molar-refractivity contribution in [1.82, 2.24) is 10.4 Å². The molecule has 0 aliphatic rings. The van der Waals surface area contributed by atoms with Crippen LogP contribution in [0, 0.1) is 0 Å². The van der Waals surface area contributed by atoms with Crippen molar-refractivity contribution in [3.63, 3.8) is 0 Å². The third-order valence-electron chi connectivity index (χ3n) is 3.05. The lowest BCUT2D eigenvalue weighted by Crippen LogP contribution is -2.29. The second kappa shape index (κ2) is 6.43. The quantitative estimate of drug-likeness (QED) is 0.516. The summed E-state index contributed by atoms with van der Waals surface area (Å²) in [5.74, 6) is 5.48. The number of nitrogens with one attached hydrogen (secondary N) is 1. The van der Waals surface area contributed by atoms with Gasteiger partial charge in [-0.2, -0.15) is 13.2 Å². The molecule has 1 heterocycles. The second-order valence-electron chi connectivity index (χ2n) is 4.54. The zero-order valence-corrected chi connectivity index (χ0v) is 11.6. The van der Waals surface area contributed by atoms with E-state index in [1.807, 2.05) is 0 Å². The van der Waals surface area contributed by atoms with Crippen molar-refractivity contribution in [2.75, 3.05) is 0 Å². The molecule has 2 rings (SSSR count). The van der Waals surface area contributed by atoms with Gasteiger partial charge in [-0.1, -0.05) is 35.9 Å². The minimum absolute atomic E-state index is 0.309. The van der Waals surface area contributed by atoms with E-state index >= 15 is 0 Å². The molecule has 0 radical (unpaired) electrons. The van der Waals surface area contributed by atoms with Crippen LogP contribution in [0.15, 0.2) is 42.6 Å². The van der Waals surface area contributed by atoms with Crippen LogP contribution in [0.2, 0.25) is 5.15 Å². The molecule has 3 nitrogen and oxygen atoms in total. The van der Waals surface area contributed by atoms with Crippen molar-refractivity contribution < 1.29 is 13.2 Å². The average molecular weight is 316 g/mol. The highest BCUT2D eigenvalue weighted by atomic mass is 35.5. The van der Waals surface area contributed by atoms with Crippen LogP contribution in [0.5, 0.6) is 0 Å². The molecule has 1 aromatic heterocycles. The van der Waals surface area contributed by atoms with Gasteiger partial charge in [-0.25, -0.2) is 4.98 Å². The van der Waals surface area contributed by atoms with Crippen LogP contribution in [0.3, 0.4) is 0 Å². The first-order valence-electron chi connectivity index (χ1n) is 6.14. The van der Waals surface area contributed by atoms with Crippen LogP contribution in [-0.4, -0.2) is 4.98 Å². The Morgan fingerprint density at radius 3 is 2.57 bits per heavy atom. The van der Waals surface area contributed by atoms with Crippen LogP contribution >= 0.6 is 11.6 Å². The number of nitrogens with two attached hydrogens (primary N) is 1. The summed E-state index contributed by atoms with van der Waals surface area (Å²) in [4.78, 5) is 3.94. The summed E-state index contributed by atoms with van der Waals surface area (Å²) in [5.41, 5.74) is 3.18. The molecule has 0 bridgehead atoms. The number of benzene rings is 1. The molecule has 0 saturated carbocycles. The number of nitrogens with zero attached hydrogens (tertiary/aromatic N) is 1. The lowest BCUT2D eigenvalue weighted by molar-refractivity contribution is -0.137. The van der Waals surface area contributed by atoms with Crippen molar-refractivity contribution >= 4 is 11.6 Å². The summed E-state index contributed by atoms with van der Waals surface area (Å²) in [7, 11) is 0. The Kier molecular flexibility index (Phi) is 4.82. The monoisotopic (exact) mass is 315 g/mol. The van der Waals surface area contributed by atoms with Crippen molar-refractivity contribution in [3.05, 3.63) is 64.4 Å². The molecule has 21 heavy (non-hydrogen) atoms. The molecule has 0 spiro atoms. The van der Waals surface area contributed by atoms with Crippen molar-refractivity contribution in [2.45, 2.75) is 18.6 Å². The van der Waals surface area contributed by atoms with E-state index in [9.17, 15) is 13.2 Å². The van der Waals surface area contributed by atoms with E-state index < -0.39 is 11.7 Å². The number of alkyl halides is 3. The smallest absolute Gasteiger partial charge is 0.271 e. The fraction of sp³-hybridized carbons (Fsp3) is 0.214. The van der Waals surface area contributed by atoms with Gasteiger partial charge in [0.1, 0.15) is 5.15 Å². The van der Waals surface area contributed by atoms with Gasteiger partial charge < -0.3 is 0 Å². The third-order valence-corrected chi connectivity index (χ3v) is 3.27. The van der Waals surface area contributed by atoms with E-state index in [4.69, 9.17) is 17.4 Å². The molecule has 1 aromatic carbocycles. The van der Waals surface area contributed by atoms with E-state index in [1.54, 1.807) is 24.4 Å². The van der Waals surface area contributed by atoms with Crippen molar-refractivity contribution in [1.29, 1.82) is 0 Å². The van der Waals surface area contributed by atoms with Crippen LogP contribution in [0.1, 0.15) is 22.7 Å². The second-order valence-corrected chi connectivity index (χ2v) is 4.92. The van der Waals surface area contributed by atoms with E-state index in [2.05, 4.69) is 10.4 Å². The lowest BCUT2D eigenvalue weighted by atomic mass is 9.99. The summed E-state index contributed by atoms with van der Waals surface area (Å²) < 4.78 is 38.1. The van der Waals surface area contributed by atoms with Gasteiger partial charge in [0.25, 0.3) is 0 Å². The average Bonchev–Trinajstić information content (AvgIpc) is 2.45. The Balaban J connectivity index is 2.21. The normalized spacial score (nSPS) is 13.2. The first-order valence-corrected chi connectivity index (χ1v) is 6.51. The van der Waals surface area contributed by atoms with Crippen molar-refractivity contribution in [3.8, 4) is 0 Å². The van der Waals surface area contributed by atoms with E-state index in [1.165, 1.54) is 6.07 Å². The Bertz CT molecular complexity index is 599. The molecule has 2 aromatic rings. The molecule has 7 heteroatoms. The number of pyridine rings is 1. The maximum Gasteiger partial charge on any atom is 0.416 e. The van der Waals surface area contributed by atoms with Crippen LogP contribution in [-0.2, 0) is 12.6 Å². The zero-order chi connectivity index (χ0) is 15.5. The van der Waals surface area contributed by atoms with Gasteiger partial charge in [-0.15, -0.1) is 0 Å². The summed E-state index contributed by atoms with van der Waals surface area (Å²) in [6, 6.07) is 8.15. The number of aromatic nitrogens is 1. The maximum atomic E-state index is 12.7. The molecular weight excluding hydrogens is 303 g/mol. The van der Waals surface area contributed by atoms with Crippen LogP contribution in [0.25, 0.3) is 0 Å². The van der Waals surface area contributed by atoms with E-state index in [0.717, 1.165) is 17.7 Å². The van der Waals surface area contributed by atoms with Gasteiger partial charge in [0.15, 0.2) is 0 Å². The molecule has 0 aliphatic heterocycles. The number of hydrogen-bond donors (Lipinski definition) is 2. The molecular formula is C14H13ClF3N3. The molecule has 0 fully saturated rings. The Morgan fingerprint density at radius 2 is 2.00 bits per heavy atom. The van der Waals surface area contributed by atoms with Crippen molar-refractivity contribution in [2.24, 2.45) is 5.84 Å². The SMILES string of the molecule is NNC(Cc1cccc(C(F)(F)F)c1)c1ccc(Cl)nc1.